The number of esters is 1. The molecule has 3 rings (SSSR count). The van der Waals surface area contributed by atoms with Crippen LogP contribution in [0.5, 0.6) is 0 Å². The third-order valence-electron chi connectivity index (χ3n) is 3.90. The van der Waals surface area contributed by atoms with Crippen molar-refractivity contribution in [1.82, 2.24) is 4.57 Å². The quantitative estimate of drug-likeness (QED) is 0.405. The van der Waals surface area contributed by atoms with Crippen LogP contribution in [0.2, 0.25) is 0 Å². The van der Waals surface area contributed by atoms with E-state index in [1.54, 1.807) is 24.4 Å². The minimum atomic E-state index is -0.489. The fraction of sp³-hybridized carbons (Fsp3) is 0.167. The maximum Gasteiger partial charge on any atom is 0.340 e. The van der Waals surface area contributed by atoms with E-state index >= 15 is 0 Å². The minimum absolute atomic E-state index is 0.0544. The lowest BCUT2D eigenvalue weighted by Crippen LogP contribution is -2.06. The Labute approximate surface area is 138 Å². The molecule has 0 unspecified atom stereocenters. The van der Waals surface area contributed by atoms with Gasteiger partial charge in [0.2, 0.25) is 0 Å². The van der Waals surface area contributed by atoms with Crippen molar-refractivity contribution >= 4 is 22.6 Å². The molecule has 0 saturated heterocycles. The smallest absolute Gasteiger partial charge is 0.340 e. The third kappa shape index (κ3) is 2.86. The molecule has 2 aromatic carbocycles. The molecule has 0 fully saturated rings. The molecule has 0 radical (unpaired) electrons. The number of hydrogen-bond donors (Lipinski definition) is 0. The number of aryl methyl sites for hydroxylation is 1. The Morgan fingerprint density at radius 3 is 2.62 bits per heavy atom. The molecule has 0 N–H and O–H groups in total. The summed E-state index contributed by atoms with van der Waals surface area (Å²) in [5, 5.41) is 11.8. The molecule has 0 aliphatic carbocycles. The monoisotopic (exact) mass is 324 g/mol. The van der Waals surface area contributed by atoms with Crippen molar-refractivity contribution in [2.75, 3.05) is 0 Å². The molecule has 24 heavy (non-hydrogen) atoms. The zero-order valence-electron chi connectivity index (χ0n) is 13.1. The summed E-state index contributed by atoms with van der Waals surface area (Å²) in [7, 11) is 0. The number of hydrogen-bond acceptors (Lipinski definition) is 4. The number of carbonyl (C=O) groups is 1. The molecule has 6 nitrogen and oxygen atoms in total. The lowest BCUT2D eigenvalue weighted by atomic mass is 10.2. The number of ether oxygens (including phenoxy) is 1. The highest BCUT2D eigenvalue weighted by Crippen LogP contribution is 2.23. The Balaban J connectivity index is 1.85. The fourth-order valence-corrected chi connectivity index (χ4v) is 2.70. The predicted octanol–water partition coefficient (Wildman–Crippen LogP) is 3.93. The maximum atomic E-state index is 12.4. The Bertz CT molecular complexity index is 914. The van der Waals surface area contributed by atoms with Crippen LogP contribution in [0, 0.1) is 10.1 Å². The van der Waals surface area contributed by atoms with Crippen molar-refractivity contribution in [2.24, 2.45) is 0 Å². The van der Waals surface area contributed by atoms with Crippen molar-refractivity contribution < 1.29 is 14.5 Å². The number of aromatic nitrogens is 1. The van der Waals surface area contributed by atoms with Gasteiger partial charge >= 0.3 is 5.97 Å². The van der Waals surface area contributed by atoms with Crippen LogP contribution in [-0.4, -0.2) is 15.5 Å². The standard InChI is InChI=1S/C18H16N2O4/c1-2-19-11-15(14-8-4-6-10-17(14)19)18(21)24-12-13-7-3-5-9-16(13)20(22)23/h3-11H,2,12H2,1H3. The summed E-state index contributed by atoms with van der Waals surface area (Å²) < 4.78 is 7.28. The van der Waals surface area contributed by atoms with Gasteiger partial charge in [0.25, 0.3) is 5.69 Å². The average molecular weight is 324 g/mol. The number of nitrogens with zero attached hydrogens (tertiary/aromatic N) is 2. The first kappa shape index (κ1) is 15.7. The van der Waals surface area contributed by atoms with Crippen molar-refractivity contribution in [3.8, 4) is 0 Å². The first-order valence-corrected chi connectivity index (χ1v) is 7.59. The normalized spacial score (nSPS) is 10.7. The number of para-hydroxylation sites is 2. The maximum absolute atomic E-state index is 12.4. The van der Waals surface area contributed by atoms with E-state index in [0.717, 1.165) is 17.4 Å². The van der Waals surface area contributed by atoms with Crippen molar-refractivity contribution in [1.29, 1.82) is 0 Å². The predicted molar refractivity (Wildman–Crippen MR) is 89.8 cm³/mol. The van der Waals surface area contributed by atoms with Crippen LogP contribution < -0.4 is 0 Å². The number of nitro groups is 1. The van der Waals surface area contributed by atoms with Gasteiger partial charge in [0, 0.05) is 29.7 Å². The summed E-state index contributed by atoms with van der Waals surface area (Å²) in [5.41, 5.74) is 1.74. The second-order valence-electron chi connectivity index (χ2n) is 5.31. The van der Waals surface area contributed by atoms with Gasteiger partial charge in [-0.25, -0.2) is 4.79 Å². The van der Waals surface area contributed by atoms with E-state index in [0.29, 0.717) is 11.1 Å². The summed E-state index contributed by atoms with van der Waals surface area (Å²) in [5.74, 6) is -0.489. The van der Waals surface area contributed by atoms with Gasteiger partial charge in [-0.1, -0.05) is 30.3 Å². The van der Waals surface area contributed by atoms with Crippen molar-refractivity contribution in [3.63, 3.8) is 0 Å². The van der Waals surface area contributed by atoms with Gasteiger partial charge in [-0.15, -0.1) is 0 Å². The van der Waals surface area contributed by atoms with Crippen LogP contribution in [-0.2, 0) is 17.9 Å². The number of nitro benzene ring substituents is 1. The zero-order valence-corrected chi connectivity index (χ0v) is 13.1. The molecule has 0 saturated carbocycles. The van der Waals surface area contributed by atoms with E-state index < -0.39 is 10.9 Å². The van der Waals surface area contributed by atoms with Crippen LogP contribution in [0.15, 0.2) is 54.7 Å². The Kier molecular flexibility index (Phi) is 4.29. The first-order valence-electron chi connectivity index (χ1n) is 7.59. The van der Waals surface area contributed by atoms with E-state index in [9.17, 15) is 14.9 Å². The van der Waals surface area contributed by atoms with Gasteiger partial charge in [-0.05, 0) is 19.1 Å². The average Bonchev–Trinajstić information content (AvgIpc) is 2.99. The van der Waals surface area contributed by atoms with Crippen LogP contribution >= 0.6 is 0 Å². The number of benzene rings is 2. The van der Waals surface area contributed by atoms with Gasteiger partial charge in [0.05, 0.1) is 16.1 Å². The Morgan fingerprint density at radius 2 is 1.88 bits per heavy atom. The number of carbonyl (C=O) groups excluding carboxylic acids is 1. The van der Waals surface area contributed by atoms with E-state index in [2.05, 4.69) is 0 Å². The molecule has 1 aromatic heterocycles. The second-order valence-corrected chi connectivity index (χ2v) is 5.31. The number of rotatable bonds is 5. The van der Waals surface area contributed by atoms with Gasteiger partial charge in [0.15, 0.2) is 0 Å². The lowest BCUT2D eigenvalue weighted by Gasteiger charge is -2.05. The van der Waals surface area contributed by atoms with Crippen LogP contribution in [0.1, 0.15) is 22.8 Å². The van der Waals surface area contributed by atoms with Crippen LogP contribution in [0.3, 0.4) is 0 Å². The molecule has 0 amide bonds. The summed E-state index contributed by atoms with van der Waals surface area (Å²) in [6.07, 6.45) is 1.76. The first-order chi connectivity index (χ1) is 11.6. The molecule has 0 aliphatic rings. The summed E-state index contributed by atoms with van der Waals surface area (Å²) in [4.78, 5) is 23.0. The lowest BCUT2D eigenvalue weighted by molar-refractivity contribution is -0.385. The summed E-state index contributed by atoms with van der Waals surface area (Å²) in [6.45, 7) is 2.59. The Hall–Kier alpha value is -3.15. The number of fused-ring (bicyclic) bond motifs is 1. The van der Waals surface area contributed by atoms with E-state index in [1.165, 1.54) is 6.07 Å². The Morgan fingerprint density at radius 1 is 1.17 bits per heavy atom. The molecule has 6 heteroatoms. The van der Waals surface area contributed by atoms with Crippen LogP contribution in [0.25, 0.3) is 10.9 Å². The second kappa shape index (κ2) is 6.54. The van der Waals surface area contributed by atoms with E-state index in [1.807, 2.05) is 35.8 Å². The molecule has 3 aromatic rings. The fourth-order valence-electron chi connectivity index (χ4n) is 2.70. The molecule has 0 atom stereocenters. The van der Waals surface area contributed by atoms with Gasteiger partial charge in [-0.2, -0.15) is 0 Å². The highest BCUT2D eigenvalue weighted by molar-refractivity contribution is 6.04. The molecular formula is C18H16N2O4. The minimum Gasteiger partial charge on any atom is -0.457 e. The van der Waals surface area contributed by atoms with Crippen LogP contribution in [0.4, 0.5) is 5.69 Å². The van der Waals surface area contributed by atoms with E-state index in [4.69, 9.17) is 4.74 Å². The van der Waals surface area contributed by atoms with Crippen molar-refractivity contribution in [2.45, 2.75) is 20.1 Å². The topological polar surface area (TPSA) is 74.4 Å². The van der Waals surface area contributed by atoms with E-state index in [-0.39, 0.29) is 12.3 Å². The highest BCUT2D eigenvalue weighted by Gasteiger charge is 2.18. The third-order valence-corrected chi connectivity index (χ3v) is 3.90. The molecular weight excluding hydrogens is 308 g/mol. The van der Waals surface area contributed by atoms with Gasteiger partial charge in [-0.3, -0.25) is 10.1 Å². The molecule has 1 heterocycles. The zero-order chi connectivity index (χ0) is 17.1. The summed E-state index contributed by atoms with van der Waals surface area (Å²) >= 11 is 0. The van der Waals surface area contributed by atoms with Gasteiger partial charge in [0.1, 0.15) is 6.61 Å². The molecule has 122 valence electrons. The van der Waals surface area contributed by atoms with Gasteiger partial charge < -0.3 is 9.30 Å². The van der Waals surface area contributed by atoms with Crippen molar-refractivity contribution in [3.05, 3.63) is 76.0 Å². The highest BCUT2D eigenvalue weighted by atomic mass is 16.6. The largest absolute Gasteiger partial charge is 0.457 e. The summed E-state index contributed by atoms with van der Waals surface area (Å²) in [6, 6.07) is 13.8. The molecule has 0 aliphatic heterocycles. The SMILES string of the molecule is CCn1cc(C(=O)OCc2ccccc2[N+](=O)[O-])c2ccccc21. The molecule has 0 spiro atoms. The molecule has 0 bridgehead atoms.